The SMILES string of the molecule is C.CC(C)(O)NO.CC(C)=O.CC(C)NO.NO. The molecule has 0 aliphatic rings. The predicted octanol–water partition coefficient (Wildman–Crippen LogP) is 0.633. The van der Waals surface area contributed by atoms with Crippen molar-refractivity contribution in [3.8, 4) is 0 Å². The fraction of sp³-hybridized carbons (Fsp3) is 0.900. The molecule has 0 radical (unpaired) electrons. The van der Waals surface area contributed by atoms with Gasteiger partial charge in [0.1, 0.15) is 11.5 Å². The lowest BCUT2D eigenvalue weighted by Crippen LogP contribution is -2.35. The Hall–Kier alpha value is -0.610. The van der Waals surface area contributed by atoms with Gasteiger partial charge in [-0.05, 0) is 41.5 Å². The van der Waals surface area contributed by atoms with Crippen LogP contribution in [0, 0.1) is 0 Å². The molecule has 8 N–H and O–H groups in total. The first kappa shape index (κ1) is 30.4. The van der Waals surface area contributed by atoms with E-state index >= 15 is 0 Å². The molecule has 8 heteroatoms. The van der Waals surface area contributed by atoms with Gasteiger partial charge in [0, 0.05) is 6.04 Å². The van der Waals surface area contributed by atoms with Crippen molar-refractivity contribution in [3.63, 3.8) is 0 Å². The fourth-order valence-electron chi connectivity index (χ4n) is 0. The number of hydroxylamine groups is 2. The lowest BCUT2D eigenvalue weighted by molar-refractivity contribution is -0.115. The van der Waals surface area contributed by atoms with E-state index in [1.165, 1.54) is 27.7 Å². The summed E-state index contributed by atoms with van der Waals surface area (Å²) in [5, 5.41) is 30.8. The molecule has 0 saturated carbocycles. The van der Waals surface area contributed by atoms with E-state index in [2.05, 4.69) is 5.90 Å². The van der Waals surface area contributed by atoms with Crippen LogP contribution in [0.1, 0.15) is 49.0 Å². The van der Waals surface area contributed by atoms with Crippen LogP contribution >= 0.6 is 0 Å². The number of carbonyl (C=O) groups is 1. The van der Waals surface area contributed by atoms with E-state index in [0.717, 1.165) is 0 Å². The van der Waals surface area contributed by atoms with E-state index in [9.17, 15) is 4.79 Å². The molecule has 0 heterocycles. The molecule has 0 aliphatic heterocycles. The zero-order chi connectivity index (χ0) is 15.1. The van der Waals surface area contributed by atoms with Crippen LogP contribution in [0.3, 0.4) is 0 Å². The molecule has 0 spiro atoms. The number of nitrogens with one attached hydrogen (secondary N) is 2. The number of ketones is 1. The van der Waals surface area contributed by atoms with Crippen molar-refractivity contribution in [2.75, 3.05) is 0 Å². The summed E-state index contributed by atoms with van der Waals surface area (Å²) in [5.41, 5.74) is 2.53. The summed E-state index contributed by atoms with van der Waals surface area (Å²) in [6.45, 7) is 9.65. The first-order chi connectivity index (χ1) is 7.56. The van der Waals surface area contributed by atoms with Gasteiger partial charge < -0.3 is 25.5 Å². The third-order valence-electron chi connectivity index (χ3n) is 0.532. The maximum atomic E-state index is 9.44. The highest BCUT2D eigenvalue weighted by Gasteiger charge is 2.06. The lowest BCUT2D eigenvalue weighted by Gasteiger charge is -2.12. The van der Waals surface area contributed by atoms with Crippen molar-refractivity contribution >= 4 is 5.78 Å². The predicted molar refractivity (Wildman–Crippen MR) is 70.3 cm³/mol. The van der Waals surface area contributed by atoms with Gasteiger partial charge in [-0.2, -0.15) is 5.48 Å². The molecule has 0 amide bonds. The molecule has 0 bridgehead atoms. The van der Waals surface area contributed by atoms with Crippen LogP contribution in [0.4, 0.5) is 0 Å². The fourth-order valence-corrected chi connectivity index (χ4v) is 0. The summed E-state index contributed by atoms with van der Waals surface area (Å²) in [7, 11) is 0. The van der Waals surface area contributed by atoms with Crippen LogP contribution in [-0.4, -0.2) is 38.3 Å². The molecule has 0 saturated heterocycles. The van der Waals surface area contributed by atoms with Gasteiger partial charge in [0.15, 0.2) is 0 Å². The zero-order valence-electron chi connectivity index (χ0n) is 11.4. The molecule has 0 aromatic heterocycles. The highest BCUT2D eigenvalue weighted by Crippen LogP contribution is 1.88. The number of hydrogen-bond donors (Lipinski definition) is 7. The number of nitrogens with two attached hydrogens (primary N) is 1. The van der Waals surface area contributed by atoms with Gasteiger partial charge in [0.25, 0.3) is 0 Å². The third kappa shape index (κ3) is 165. The number of hydrogen-bond acceptors (Lipinski definition) is 8. The molecule has 0 aliphatic carbocycles. The molecule has 116 valence electrons. The zero-order valence-corrected chi connectivity index (χ0v) is 11.4. The minimum absolute atomic E-state index is 0. The van der Waals surface area contributed by atoms with Crippen molar-refractivity contribution < 1.29 is 25.5 Å². The summed E-state index contributed by atoms with van der Waals surface area (Å²) >= 11 is 0. The topological polar surface area (TPSA) is 148 Å². The second-order valence-electron chi connectivity index (χ2n) is 3.86. The second-order valence-corrected chi connectivity index (χ2v) is 3.86. The Morgan fingerprint density at radius 1 is 1.17 bits per heavy atom. The average molecular weight is 273 g/mol. The van der Waals surface area contributed by atoms with Crippen LogP contribution < -0.4 is 16.9 Å². The van der Waals surface area contributed by atoms with Gasteiger partial charge >= 0.3 is 0 Å². The van der Waals surface area contributed by atoms with E-state index in [-0.39, 0.29) is 19.3 Å². The average Bonchev–Trinajstić information content (AvgIpc) is 2.20. The first-order valence-electron chi connectivity index (χ1n) is 4.83. The van der Waals surface area contributed by atoms with E-state index in [4.69, 9.17) is 20.7 Å². The molecule has 8 nitrogen and oxygen atoms in total. The largest absolute Gasteiger partial charge is 0.374 e. The summed E-state index contributed by atoms with van der Waals surface area (Å²) in [4.78, 5) is 9.44. The Labute approximate surface area is 110 Å². The van der Waals surface area contributed by atoms with Gasteiger partial charge in [-0.3, -0.25) is 0 Å². The standard InChI is InChI=1S/C3H9NO2.C3H9NO.C3H6O.CH4.H3NO/c1-3(2,5)4-6;1-3(2)4-5;1-3(2)4;;1-2/h4-6H,1-2H3;3-5H,1-2H3;1-2H3;1H4;2H,1H2. The monoisotopic (exact) mass is 273 g/mol. The Kier molecular flexibility index (Phi) is 36.6. The summed E-state index contributed by atoms with van der Waals surface area (Å²) in [5.74, 6) is 3.67. The minimum Gasteiger partial charge on any atom is -0.374 e. The van der Waals surface area contributed by atoms with Gasteiger partial charge in [-0.1, -0.05) is 7.43 Å². The molecule has 0 aromatic rings. The van der Waals surface area contributed by atoms with Crippen molar-refractivity contribution in [1.82, 2.24) is 11.0 Å². The molecular formula is C10H31N3O5. The minimum atomic E-state index is -1.15. The third-order valence-corrected chi connectivity index (χ3v) is 0.532. The molecule has 0 aromatic carbocycles. The van der Waals surface area contributed by atoms with Gasteiger partial charge in [0.2, 0.25) is 0 Å². The molecule has 0 rings (SSSR count). The quantitative estimate of drug-likeness (QED) is 0.286. The van der Waals surface area contributed by atoms with Crippen molar-refractivity contribution in [1.29, 1.82) is 0 Å². The molecular weight excluding hydrogens is 242 g/mol. The molecule has 0 unspecified atom stereocenters. The Balaban J connectivity index is -0.0000000434. The van der Waals surface area contributed by atoms with E-state index in [1.807, 2.05) is 19.3 Å². The van der Waals surface area contributed by atoms with Gasteiger partial charge in [-0.25, -0.2) is 11.4 Å². The van der Waals surface area contributed by atoms with Crippen molar-refractivity contribution in [2.24, 2.45) is 5.90 Å². The number of Topliss-reactive ketones (excluding diaryl/α,β-unsaturated/α-hetero) is 1. The van der Waals surface area contributed by atoms with Crippen molar-refractivity contribution in [2.45, 2.75) is 60.7 Å². The van der Waals surface area contributed by atoms with Crippen LogP contribution in [0.5, 0.6) is 0 Å². The molecule has 0 fully saturated rings. The van der Waals surface area contributed by atoms with Crippen LogP contribution in [0.15, 0.2) is 0 Å². The normalized spacial score (nSPS) is 8.44. The smallest absolute Gasteiger partial charge is 0.132 e. The lowest BCUT2D eigenvalue weighted by atomic mass is 10.3. The number of rotatable bonds is 2. The second kappa shape index (κ2) is 21.7. The first-order valence-corrected chi connectivity index (χ1v) is 4.83. The van der Waals surface area contributed by atoms with Crippen LogP contribution in [0.25, 0.3) is 0 Å². The maximum absolute atomic E-state index is 9.44. The van der Waals surface area contributed by atoms with E-state index in [1.54, 1.807) is 5.48 Å². The Bertz CT molecular complexity index is 145. The van der Waals surface area contributed by atoms with Gasteiger partial charge in [0.05, 0.1) is 0 Å². The summed E-state index contributed by atoms with van der Waals surface area (Å²) < 4.78 is 0. The maximum Gasteiger partial charge on any atom is 0.132 e. The van der Waals surface area contributed by atoms with E-state index < -0.39 is 5.72 Å². The highest BCUT2D eigenvalue weighted by atomic mass is 16.5. The summed E-state index contributed by atoms with van der Waals surface area (Å²) in [6, 6.07) is 0.190. The Morgan fingerprint density at radius 2 is 1.28 bits per heavy atom. The van der Waals surface area contributed by atoms with Crippen molar-refractivity contribution in [3.05, 3.63) is 0 Å². The number of carbonyl (C=O) groups excluding carboxylic acids is 1. The van der Waals surface area contributed by atoms with Gasteiger partial charge in [-0.15, -0.1) is 0 Å². The van der Waals surface area contributed by atoms with Crippen LogP contribution in [-0.2, 0) is 4.79 Å². The number of aliphatic hydroxyl groups is 1. The molecule has 0 atom stereocenters. The summed E-state index contributed by atoms with van der Waals surface area (Å²) in [6.07, 6.45) is 0. The van der Waals surface area contributed by atoms with E-state index in [0.29, 0.717) is 0 Å². The Morgan fingerprint density at radius 3 is 1.28 bits per heavy atom. The van der Waals surface area contributed by atoms with Crippen LogP contribution in [0.2, 0.25) is 0 Å². The molecule has 18 heavy (non-hydrogen) atoms. The highest BCUT2D eigenvalue weighted by molar-refractivity contribution is 5.72.